The average Bonchev–Trinajstić information content (AvgIpc) is 2.88. The van der Waals surface area contributed by atoms with Crippen LogP contribution in [-0.4, -0.2) is 37.6 Å². The molecule has 1 aromatic rings. The van der Waals surface area contributed by atoms with Crippen LogP contribution >= 0.6 is 24.0 Å². The van der Waals surface area contributed by atoms with E-state index in [1.165, 1.54) is 0 Å². The van der Waals surface area contributed by atoms with Gasteiger partial charge in [0.05, 0.1) is 12.1 Å². The fourth-order valence-corrected chi connectivity index (χ4v) is 2.96. The first kappa shape index (κ1) is 19.1. The van der Waals surface area contributed by atoms with Gasteiger partial charge < -0.3 is 15.4 Å². The lowest BCUT2D eigenvalue weighted by Crippen LogP contribution is -2.34. The lowest BCUT2D eigenvalue weighted by molar-refractivity contribution is -0.130. The normalized spacial score (nSPS) is 20.6. The molecule has 1 aliphatic heterocycles. The highest BCUT2D eigenvalue weighted by Gasteiger charge is 2.34. The first-order valence-corrected chi connectivity index (χ1v) is 7.65. The number of ether oxygens (including phenoxy) is 1. The second-order valence-corrected chi connectivity index (χ2v) is 6.46. The van der Waals surface area contributed by atoms with Gasteiger partial charge in [-0.2, -0.15) is 0 Å². The Morgan fingerprint density at radius 1 is 1.50 bits per heavy atom. The van der Waals surface area contributed by atoms with E-state index >= 15 is 0 Å². The SMILES string of the molecule is COc1ccc(CCC(=O)N2CCC(C)(CN)C2)cc1Cl.Cl. The maximum absolute atomic E-state index is 12.3. The number of hydrogen-bond acceptors (Lipinski definition) is 3. The third-order valence-corrected chi connectivity index (χ3v) is 4.54. The number of halogens is 2. The number of nitrogens with zero attached hydrogens (tertiary/aromatic N) is 1. The van der Waals surface area contributed by atoms with Crippen molar-refractivity contribution in [1.82, 2.24) is 4.90 Å². The molecule has 4 nitrogen and oxygen atoms in total. The van der Waals surface area contributed by atoms with Gasteiger partial charge in [0.2, 0.25) is 5.91 Å². The van der Waals surface area contributed by atoms with E-state index in [0.717, 1.165) is 25.1 Å². The predicted molar refractivity (Wildman–Crippen MR) is 91.9 cm³/mol. The Labute approximate surface area is 143 Å². The van der Waals surface area contributed by atoms with Gasteiger partial charge >= 0.3 is 0 Å². The summed E-state index contributed by atoms with van der Waals surface area (Å²) in [6.45, 7) is 4.36. The van der Waals surface area contributed by atoms with Gasteiger partial charge in [-0.05, 0) is 42.5 Å². The van der Waals surface area contributed by atoms with Crippen LogP contribution in [0.3, 0.4) is 0 Å². The molecule has 1 aromatic carbocycles. The molecule has 1 fully saturated rings. The summed E-state index contributed by atoms with van der Waals surface area (Å²) in [4.78, 5) is 14.2. The quantitative estimate of drug-likeness (QED) is 0.891. The second-order valence-electron chi connectivity index (χ2n) is 6.05. The van der Waals surface area contributed by atoms with Crippen molar-refractivity contribution in [2.75, 3.05) is 26.7 Å². The summed E-state index contributed by atoms with van der Waals surface area (Å²) < 4.78 is 5.12. The molecule has 0 saturated carbocycles. The van der Waals surface area contributed by atoms with Crippen LogP contribution in [0.5, 0.6) is 5.75 Å². The number of hydrogen-bond donors (Lipinski definition) is 1. The molecule has 1 atom stereocenters. The van der Waals surface area contributed by atoms with Gasteiger partial charge in [-0.15, -0.1) is 12.4 Å². The molecular weight excluding hydrogens is 323 g/mol. The van der Waals surface area contributed by atoms with Crippen LogP contribution in [0.1, 0.15) is 25.3 Å². The molecule has 0 bridgehead atoms. The largest absolute Gasteiger partial charge is 0.495 e. The standard InChI is InChI=1S/C16H23ClN2O2.ClH/c1-16(10-18)7-8-19(11-16)15(20)6-4-12-3-5-14(21-2)13(17)9-12;/h3,5,9H,4,6-8,10-11,18H2,1-2H3;1H. The van der Waals surface area contributed by atoms with Crippen LogP contribution in [0.25, 0.3) is 0 Å². The van der Waals surface area contributed by atoms with Gasteiger partial charge in [-0.3, -0.25) is 4.79 Å². The van der Waals surface area contributed by atoms with E-state index in [9.17, 15) is 4.79 Å². The van der Waals surface area contributed by atoms with Crippen molar-refractivity contribution in [2.45, 2.75) is 26.2 Å². The van der Waals surface area contributed by atoms with Crippen molar-refractivity contribution in [3.8, 4) is 5.75 Å². The van der Waals surface area contributed by atoms with Crippen molar-refractivity contribution in [1.29, 1.82) is 0 Å². The van der Waals surface area contributed by atoms with Crippen LogP contribution in [0, 0.1) is 5.41 Å². The Morgan fingerprint density at radius 3 is 2.77 bits per heavy atom. The molecule has 1 unspecified atom stereocenters. The summed E-state index contributed by atoms with van der Waals surface area (Å²) in [6, 6.07) is 5.65. The van der Waals surface area contributed by atoms with Crippen molar-refractivity contribution < 1.29 is 9.53 Å². The lowest BCUT2D eigenvalue weighted by atomic mass is 9.90. The third kappa shape index (κ3) is 4.51. The second kappa shape index (κ2) is 8.04. The number of benzene rings is 1. The number of likely N-dealkylation sites (tertiary alicyclic amines) is 1. The fraction of sp³-hybridized carbons (Fsp3) is 0.562. The van der Waals surface area contributed by atoms with E-state index in [-0.39, 0.29) is 23.7 Å². The summed E-state index contributed by atoms with van der Waals surface area (Å²) in [7, 11) is 1.59. The molecule has 0 aliphatic carbocycles. The van der Waals surface area contributed by atoms with E-state index in [0.29, 0.717) is 30.2 Å². The number of carbonyl (C=O) groups is 1. The minimum atomic E-state index is 0. The molecule has 2 rings (SSSR count). The topological polar surface area (TPSA) is 55.6 Å². The van der Waals surface area contributed by atoms with Crippen LogP contribution in [0.4, 0.5) is 0 Å². The number of aryl methyl sites for hydroxylation is 1. The van der Waals surface area contributed by atoms with Crippen LogP contribution in [-0.2, 0) is 11.2 Å². The van der Waals surface area contributed by atoms with Gasteiger partial charge in [0.15, 0.2) is 0 Å². The zero-order chi connectivity index (χ0) is 15.5. The number of nitrogens with two attached hydrogens (primary N) is 1. The van der Waals surface area contributed by atoms with Crippen LogP contribution < -0.4 is 10.5 Å². The molecule has 1 amide bonds. The average molecular weight is 347 g/mol. The van der Waals surface area contributed by atoms with Crippen molar-refractivity contribution in [3.63, 3.8) is 0 Å². The van der Waals surface area contributed by atoms with E-state index in [1.807, 2.05) is 23.1 Å². The minimum Gasteiger partial charge on any atom is -0.495 e. The Hall–Kier alpha value is -0.970. The van der Waals surface area contributed by atoms with Crippen molar-refractivity contribution >= 4 is 29.9 Å². The zero-order valence-corrected chi connectivity index (χ0v) is 14.7. The summed E-state index contributed by atoms with van der Waals surface area (Å²) in [5, 5.41) is 0.583. The smallest absolute Gasteiger partial charge is 0.222 e. The summed E-state index contributed by atoms with van der Waals surface area (Å²) in [5.41, 5.74) is 6.91. The van der Waals surface area contributed by atoms with E-state index < -0.39 is 0 Å². The van der Waals surface area contributed by atoms with E-state index in [4.69, 9.17) is 22.1 Å². The Balaban J connectivity index is 0.00000242. The highest BCUT2D eigenvalue weighted by atomic mass is 35.5. The number of carbonyl (C=O) groups excluding carboxylic acids is 1. The maximum atomic E-state index is 12.3. The van der Waals surface area contributed by atoms with Crippen molar-refractivity contribution in [2.24, 2.45) is 11.1 Å². The van der Waals surface area contributed by atoms with Crippen LogP contribution in [0.15, 0.2) is 18.2 Å². The number of rotatable bonds is 5. The summed E-state index contributed by atoms with van der Waals surface area (Å²) in [5.74, 6) is 0.851. The highest BCUT2D eigenvalue weighted by molar-refractivity contribution is 6.32. The van der Waals surface area contributed by atoms with Gasteiger partial charge in [0.25, 0.3) is 0 Å². The monoisotopic (exact) mass is 346 g/mol. The zero-order valence-electron chi connectivity index (χ0n) is 13.1. The molecule has 1 saturated heterocycles. The Bertz CT molecular complexity index is 525. The summed E-state index contributed by atoms with van der Waals surface area (Å²) >= 11 is 6.09. The molecule has 1 heterocycles. The van der Waals surface area contributed by atoms with Gasteiger partial charge in [-0.25, -0.2) is 0 Å². The molecule has 0 aromatic heterocycles. The number of methoxy groups -OCH3 is 1. The van der Waals surface area contributed by atoms with Crippen LogP contribution in [0.2, 0.25) is 5.02 Å². The van der Waals surface area contributed by atoms with Gasteiger partial charge in [-0.1, -0.05) is 24.6 Å². The molecular formula is C16H24Cl2N2O2. The Morgan fingerprint density at radius 2 is 2.23 bits per heavy atom. The predicted octanol–water partition coefficient (Wildman–Crippen LogP) is 2.90. The maximum Gasteiger partial charge on any atom is 0.222 e. The first-order valence-electron chi connectivity index (χ1n) is 7.28. The molecule has 1 aliphatic rings. The third-order valence-electron chi connectivity index (χ3n) is 4.25. The molecule has 22 heavy (non-hydrogen) atoms. The molecule has 6 heteroatoms. The summed E-state index contributed by atoms with van der Waals surface area (Å²) in [6.07, 6.45) is 2.19. The van der Waals surface area contributed by atoms with E-state index in [1.54, 1.807) is 7.11 Å². The highest BCUT2D eigenvalue weighted by Crippen LogP contribution is 2.29. The van der Waals surface area contributed by atoms with E-state index in [2.05, 4.69) is 6.92 Å². The van der Waals surface area contributed by atoms with Crippen molar-refractivity contribution in [3.05, 3.63) is 28.8 Å². The minimum absolute atomic E-state index is 0. The molecule has 0 spiro atoms. The Kier molecular flexibility index (Phi) is 6.98. The first-order chi connectivity index (χ1) is 9.97. The fourth-order valence-electron chi connectivity index (χ4n) is 2.68. The van der Waals surface area contributed by atoms with Gasteiger partial charge in [0.1, 0.15) is 5.75 Å². The molecule has 124 valence electrons. The molecule has 0 radical (unpaired) electrons. The van der Waals surface area contributed by atoms with Gasteiger partial charge in [0, 0.05) is 19.5 Å². The number of amides is 1. The lowest BCUT2D eigenvalue weighted by Gasteiger charge is -2.22. The molecule has 2 N–H and O–H groups in total.